The van der Waals surface area contributed by atoms with E-state index in [0.29, 0.717) is 50.5 Å². The summed E-state index contributed by atoms with van der Waals surface area (Å²) in [6, 6.07) is 13.2. The lowest BCUT2D eigenvalue weighted by atomic mass is 9.94. The summed E-state index contributed by atoms with van der Waals surface area (Å²) in [5, 5.41) is 32.3. The molecule has 0 amide bonds. The van der Waals surface area contributed by atoms with Crippen molar-refractivity contribution in [2.75, 3.05) is 6.79 Å². The van der Waals surface area contributed by atoms with E-state index in [0.717, 1.165) is 0 Å². The van der Waals surface area contributed by atoms with Crippen molar-refractivity contribution in [3.05, 3.63) is 54.3 Å². The molecule has 0 spiro atoms. The summed E-state index contributed by atoms with van der Waals surface area (Å²) in [5.41, 5.74) is 2.49. The normalized spacial score (nSPS) is 12.6. The van der Waals surface area contributed by atoms with Gasteiger partial charge in [-0.3, -0.25) is 0 Å². The third kappa shape index (κ3) is 2.35. The Bertz CT molecular complexity index is 1240. The lowest BCUT2D eigenvalue weighted by Gasteiger charge is -2.14. The Kier molecular flexibility index (Phi) is 3.42. The average molecular weight is 376 g/mol. The molecule has 0 unspecified atom stereocenters. The minimum absolute atomic E-state index is 0.000499. The number of phenolic OH excluding ortho intramolecular Hbond substituents is 3. The van der Waals surface area contributed by atoms with Crippen LogP contribution in [-0.4, -0.2) is 22.1 Å². The van der Waals surface area contributed by atoms with E-state index in [9.17, 15) is 15.3 Å². The predicted molar refractivity (Wildman–Crippen MR) is 103 cm³/mol. The van der Waals surface area contributed by atoms with Gasteiger partial charge in [0.05, 0.1) is 0 Å². The second-order valence-electron chi connectivity index (χ2n) is 6.66. The van der Waals surface area contributed by atoms with Crippen LogP contribution in [0.4, 0.5) is 0 Å². The summed E-state index contributed by atoms with van der Waals surface area (Å²) in [7, 11) is 0. The first kappa shape index (κ1) is 16.4. The molecule has 28 heavy (non-hydrogen) atoms. The van der Waals surface area contributed by atoms with Gasteiger partial charge in [-0.15, -0.1) is 0 Å². The van der Waals surface area contributed by atoms with Gasteiger partial charge in [0.2, 0.25) is 6.79 Å². The molecular weight excluding hydrogens is 360 g/mol. The number of furan rings is 1. The Hall–Kier alpha value is -3.80. The van der Waals surface area contributed by atoms with Gasteiger partial charge in [0, 0.05) is 33.7 Å². The lowest BCUT2D eigenvalue weighted by Crippen LogP contribution is -1.93. The summed E-state index contributed by atoms with van der Waals surface area (Å²) in [5.74, 6) is 1.55. The highest BCUT2D eigenvalue weighted by atomic mass is 16.7. The van der Waals surface area contributed by atoms with Gasteiger partial charge >= 0.3 is 0 Å². The SMILES string of the molecule is Cc1cc2c(-c3cccc(-c4cc(O)cc5c4OCO5)c3O)c(O)ccc2o1. The fourth-order valence-electron chi connectivity index (χ4n) is 3.67. The number of fused-ring (bicyclic) bond motifs is 2. The fraction of sp³-hybridized carbons (Fsp3) is 0.0909. The molecule has 1 aliphatic rings. The van der Waals surface area contributed by atoms with E-state index in [1.165, 1.54) is 18.2 Å². The van der Waals surface area contributed by atoms with Gasteiger partial charge in [-0.1, -0.05) is 18.2 Å². The quantitative estimate of drug-likeness (QED) is 0.460. The van der Waals surface area contributed by atoms with Crippen molar-refractivity contribution >= 4 is 11.0 Å². The Morgan fingerprint density at radius 2 is 1.68 bits per heavy atom. The zero-order valence-electron chi connectivity index (χ0n) is 14.9. The highest BCUT2D eigenvalue weighted by Gasteiger charge is 2.24. The van der Waals surface area contributed by atoms with Gasteiger partial charge in [0.1, 0.15) is 28.6 Å². The molecule has 0 saturated heterocycles. The van der Waals surface area contributed by atoms with Crippen molar-refractivity contribution in [2.45, 2.75) is 6.92 Å². The maximum Gasteiger partial charge on any atom is 0.231 e. The first-order valence-electron chi connectivity index (χ1n) is 8.70. The number of ether oxygens (including phenoxy) is 2. The molecule has 1 aliphatic heterocycles. The van der Waals surface area contributed by atoms with Crippen LogP contribution in [0.1, 0.15) is 5.76 Å². The van der Waals surface area contributed by atoms with Crippen LogP contribution >= 0.6 is 0 Å². The van der Waals surface area contributed by atoms with Crippen molar-refractivity contribution in [1.29, 1.82) is 0 Å². The molecule has 0 fully saturated rings. The molecule has 0 aliphatic carbocycles. The largest absolute Gasteiger partial charge is 0.508 e. The highest BCUT2D eigenvalue weighted by Crippen LogP contribution is 2.50. The Morgan fingerprint density at radius 3 is 2.54 bits per heavy atom. The molecule has 1 aromatic heterocycles. The van der Waals surface area contributed by atoms with Crippen LogP contribution in [0.3, 0.4) is 0 Å². The van der Waals surface area contributed by atoms with E-state index in [-0.39, 0.29) is 24.0 Å². The maximum absolute atomic E-state index is 11.1. The Labute approximate surface area is 159 Å². The molecule has 0 saturated carbocycles. The number of rotatable bonds is 2. The van der Waals surface area contributed by atoms with Crippen LogP contribution in [0, 0.1) is 6.92 Å². The van der Waals surface area contributed by atoms with Crippen LogP contribution in [0.25, 0.3) is 33.2 Å². The van der Waals surface area contributed by atoms with E-state index < -0.39 is 0 Å². The lowest BCUT2D eigenvalue weighted by molar-refractivity contribution is 0.174. The first-order valence-corrected chi connectivity index (χ1v) is 8.70. The van der Waals surface area contributed by atoms with E-state index >= 15 is 0 Å². The third-order valence-corrected chi connectivity index (χ3v) is 4.85. The summed E-state index contributed by atoms with van der Waals surface area (Å²) in [4.78, 5) is 0. The Morgan fingerprint density at radius 1 is 0.857 bits per heavy atom. The minimum atomic E-state index is -0.0487. The topological polar surface area (TPSA) is 92.3 Å². The molecular formula is C22H16O6. The molecule has 6 heteroatoms. The van der Waals surface area contributed by atoms with E-state index in [1.807, 2.05) is 13.0 Å². The number of hydrogen-bond acceptors (Lipinski definition) is 6. The zero-order chi connectivity index (χ0) is 19.4. The van der Waals surface area contributed by atoms with Gasteiger partial charge in [-0.2, -0.15) is 0 Å². The molecule has 3 aromatic carbocycles. The molecule has 4 aromatic rings. The second-order valence-corrected chi connectivity index (χ2v) is 6.66. The second kappa shape index (κ2) is 5.85. The zero-order valence-corrected chi connectivity index (χ0v) is 14.9. The number of para-hydroxylation sites is 1. The summed E-state index contributed by atoms with van der Waals surface area (Å²) in [6.45, 7) is 1.87. The molecule has 3 N–H and O–H groups in total. The van der Waals surface area contributed by atoms with Crippen LogP contribution in [0.15, 0.2) is 52.9 Å². The standard InChI is InChI=1S/C22H16O6/c1-11-7-16-18(28-11)6-5-17(24)20(16)14-4-2-3-13(21(14)25)15-8-12(23)9-19-22(15)27-10-26-19/h2-9,23-25H,10H2,1H3. The van der Waals surface area contributed by atoms with Crippen molar-refractivity contribution in [1.82, 2.24) is 0 Å². The number of aryl methyl sites for hydroxylation is 1. The Balaban J connectivity index is 1.78. The maximum atomic E-state index is 11.1. The van der Waals surface area contributed by atoms with Crippen LogP contribution in [0.5, 0.6) is 28.7 Å². The van der Waals surface area contributed by atoms with Crippen molar-refractivity contribution < 1.29 is 29.2 Å². The fourth-order valence-corrected chi connectivity index (χ4v) is 3.67. The van der Waals surface area contributed by atoms with E-state index in [1.54, 1.807) is 24.3 Å². The molecule has 0 bridgehead atoms. The van der Waals surface area contributed by atoms with Crippen molar-refractivity contribution in [2.24, 2.45) is 0 Å². The minimum Gasteiger partial charge on any atom is -0.508 e. The van der Waals surface area contributed by atoms with Gasteiger partial charge in [0.15, 0.2) is 11.5 Å². The summed E-state index contributed by atoms with van der Waals surface area (Å²) >= 11 is 0. The van der Waals surface area contributed by atoms with Gasteiger partial charge in [-0.25, -0.2) is 0 Å². The van der Waals surface area contributed by atoms with Crippen LogP contribution in [0.2, 0.25) is 0 Å². The smallest absolute Gasteiger partial charge is 0.231 e. The number of hydrogen-bond donors (Lipinski definition) is 3. The number of aromatic hydroxyl groups is 3. The van der Waals surface area contributed by atoms with Crippen molar-refractivity contribution in [3.63, 3.8) is 0 Å². The van der Waals surface area contributed by atoms with E-state index in [4.69, 9.17) is 13.9 Å². The predicted octanol–water partition coefficient (Wildman–Crippen LogP) is 4.92. The monoisotopic (exact) mass is 376 g/mol. The summed E-state index contributed by atoms with van der Waals surface area (Å²) in [6.07, 6.45) is 0. The molecule has 0 radical (unpaired) electrons. The summed E-state index contributed by atoms with van der Waals surface area (Å²) < 4.78 is 16.5. The average Bonchev–Trinajstić information content (AvgIpc) is 3.27. The van der Waals surface area contributed by atoms with Crippen molar-refractivity contribution in [3.8, 4) is 51.0 Å². The highest BCUT2D eigenvalue weighted by molar-refractivity contribution is 6.01. The number of benzene rings is 3. The van der Waals surface area contributed by atoms with Crippen LogP contribution < -0.4 is 9.47 Å². The molecule has 2 heterocycles. The van der Waals surface area contributed by atoms with Gasteiger partial charge in [-0.05, 0) is 31.2 Å². The molecule has 0 atom stereocenters. The molecule has 5 rings (SSSR count). The van der Waals surface area contributed by atoms with Crippen LogP contribution in [-0.2, 0) is 0 Å². The van der Waals surface area contributed by atoms with Gasteiger partial charge < -0.3 is 29.2 Å². The molecule has 140 valence electrons. The molecule has 6 nitrogen and oxygen atoms in total. The van der Waals surface area contributed by atoms with E-state index in [2.05, 4.69) is 0 Å². The third-order valence-electron chi connectivity index (χ3n) is 4.85. The first-order chi connectivity index (χ1) is 13.5. The van der Waals surface area contributed by atoms with Gasteiger partial charge in [0.25, 0.3) is 0 Å². The number of phenols is 3.